The molecular formula is C11H15ClN2O2S. The van der Waals surface area contributed by atoms with E-state index in [1.165, 1.54) is 7.11 Å². The Morgan fingerprint density at radius 2 is 2.29 bits per heavy atom. The van der Waals surface area contributed by atoms with Gasteiger partial charge in [0.2, 0.25) is 5.82 Å². The molecule has 0 aliphatic carbocycles. The summed E-state index contributed by atoms with van der Waals surface area (Å²) in [5.41, 5.74) is 0.751. The molecule has 0 aliphatic rings. The SMILES string of the molecule is COC(=O)c1nc(C)cc(SC(C)CCCl)n1. The lowest BCUT2D eigenvalue weighted by molar-refractivity contribution is 0.0585. The van der Waals surface area contributed by atoms with Gasteiger partial charge < -0.3 is 4.74 Å². The lowest BCUT2D eigenvalue weighted by Crippen LogP contribution is -2.09. The molecule has 1 unspecified atom stereocenters. The van der Waals surface area contributed by atoms with Crippen molar-refractivity contribution in [3.63, 3.8) is 0 Å². The highest BCUT2D eigenvalue weighted by atomic mass is 35.5. The molecule has 1 atom stereocenters. The van der Waals surface area contributed by atoms with Crippen LogP contribution in [0.2, 0.25) is 0 Å². The van der Waals surface area contributed by atoms with Gasteiger partial charge in [-0.05, 0) is 19.4 Å². The van der Waals surface area contributed by atoms with Crippen molar-refractivity contribution in [2.45, 2.75) is 30.5 Å². The van der Waals surface area contributed by atoms with E-state index >= 15 is 0 Å². The zero-order chi connectivity index (χ0) is 12.8. The maximum Gasteiger partial charge on any atom is 0.376 e. The number of ether oxygens (including phenoxy) is 1. The van der Waals surface area contributed by atoms with Crippen molar-refractivity contribution < 1.29 is 9.53 Å². The fourth-order valence-corrected chi connectivity index (χ4v) is 2.68. The molecule has 1 heterocycles. The van der Waals surface area contributed by atoms with Gasteiger partial charge in [0, 0.05) is 16.8 Å². The van der Waals surface area contributed by atoms with Crippen molar-refractivity contribution >= 4 is 29.3 Å². The van der Waals surface area contributed by atoms with Gasteiger partial charge in [-0.2, -0.15) is 0 Å². The summed E-state index contributed by atoms with van der Waals surface area (Å²) in [6, 6.07) is 1.85. The molecule has 6 heteroatoms. The molecule has 1 aromatic heterocycles. The van der Waals surface area contributed by atoms with Crippen LogP contribution < -0.4 is 0 Å². The van der Waals surface area contributed by atoms with E-state index in [2.05, 4.69) is 21.6 Å². The first-order valence-corrected chi connectivity index (χ1v) is 6.65. The molecule has 0 fully saturated rings. The van der Waals surface area contributed by atoms with Crippen LogP contribution in [0, 0.1) is 6.92 Å². The van der Waals surface area contributed by atoms with Crippen molar-refractivity contribution in [2.24, 2.45) is 0 Å². The largest absolute Gasteiger partial charge is 0.463 e. The summed E-state index contributed by atoms with van der Waals surface area (Å²) in [6.45, 7) is 3.90. The number of hydrogen-bond donors (Lipinski definition) is 0. The maximum atomic E-state index is 11.4. The van der Waals surface area contributed by atoms with Crippen LogP contribution in [-0.2, 0) is 4.74 Å². The predicted octanol–water partition coefficient (Wildman–Crippen LogP) is 2.68. The third kappa shape index (κ3) is 4.52. The van der Waals surface area contributed by atoms with Gasteiger partial charge in [0.25, 0.3) is 0 Å². The van der Waals surface area contributed by atoms with Crippen LogP contribution in [0.1, 0.15) is 29.7 Å². The molecule has 0 amide bonds. The number of halogens is 1. The van der Waals surface area contributed by atoms with Crippen molar-refractivity contribution in [1.82, 2.24) is 9.97 Å². The van der Waals surface area contributed by atoms with Crippen molar-refractivity contribution in [1.29, 1.82) is 0 Å². The number of methoxy groups -OCH3 is 1. The van der Waals surface area contributed by atoms with Gasteiger partial charge in [-0.1, -0.05) is 6.92 Å². The first-order valence-electron chi connectivity index (χ1n) is 5.23. The number of hydrogen-bond acceptors (Lipinski definition) is 5. The highest BCUT2D eigenvalue weighted by Gasteiger charge is 2.13. The molecule has 17 heavy (non-hydrogen) atoms. The first kappa shape index (κ1) is 14.3. The number of carbonyl (C=O) groups excluding carboxylic acids is 1. The molecule has 0 bridgehead atoms. The summed E-state index contributed by atoms with van der Waals surface area (Å²) in [7, 11) is 1.32. The van der Waals surface area contributed by atoms with E-state index in [4.69, 9.17) is 11.6 Å². The van der Waals surface area contributed by atoms with Crippen LogP contribution in [-0.4, -0.2) is 34.2 Å². The average Bonchev–Trinajstić information content (AvgIpc) is 2.27. The molecule has 0 saturated carbocycles. The molecule has 0 aliphatic heterocycles. The van der Waals surface area contributed by atoms with E-state index < -0.39 is 5.97 Å². The van der Waals surface area contributed by atoms with Gasteiger partial charge in [-0.15, -0.1) is 23.4 Å². The van der Waals surface area contributed by atoms with Crippen LogP contribution in [0.5, 0.6) is 0 Å². The summed E-state index contributed by atoms with van der Waals surface area (Å²) in [5, 5.41) is 1.13. The monoisotopic (exact) mass is 274 g/mol. The number of alkyl halides is 1. The van der Waals surface area contributed by atoms with E-state index in [0.29, 0.717) is 11.1 Å². The normalized spacial score (nSPS) is 12.2. The smallest absolute Gasteiger partial charge is 0.376 e. The summed E-state index contributed by atoms with van der Waals surface area (Å²) in [4.78, 5) is 19.5. The van der Waals surface area contributed by atoms with E-state index in [1.807, 2.05) is 13.0 Å². The molecular weight excluding hydrogens is 260 g/mol. The van der Waals surface area contributed by atoms with Crippen LogP contribution in [0.4, 0.5) is 0 Å². The van der Waals surface area contributed by atoms with Crippen LogP contribution in [0.15, 0.2) is 11.1 Å². The third-order valence-electron chi connectivity index (χ3n) is 2.04. The second-order valence-corrected chi connectivity index (χ2v) is 5.41. The summed E-state index contributed by atoms with van der Waals surface area (Å²) < 4.78 is 4.60. The van der Waals surface area contributed by atoms with Crippen molar-refractivity contribution in [2.75, 3.05) is 13.0 Å². The Labute approximate surface area is 110 Å². The zero-order valence-corrected chi connectivity index (χ0v) is 11.6. The number of aromatic nitrogens is 2. The average molecular weight is 275 g/mol. The molecule has 0 radical (unpaired) electrons. The zero-order valence-electron chi connectivity index (χ0n) is 10.1. The van der Waals surface area contributed by atoms with Gasteiger partial charge in [0.1, 0.15) is 5.03 Å². The van der Waals surface area contributed by atoms with Gasteiger partial charge >= 0.3 is 5.97 Å². The Kier molecular flexibility index (Phi) is 5.71. The highest BCUT2D eigenvalue weighted by molar-refractivity contribution is 7.99. The second-order valence-electron chi connectivity index (χ2n) is 3.57. The Morgan fingerprint density at radius 1 is 1.59 bits per heavy atom. The Morgan fingerprint density at radius 3 is 2.88 bits per heavy atom. The minimum atomic E-state index is -0.513. The van der Waals surface area contributed by atoms with Gasteiger partial charge in [0.05, 0.1) is 7.11 Å². The quantitative estimate of drug-likeness (QED) is 0.358. The maximum absolute atomic E-state index is 11.4. The van der Waals surface area contributed by atoms with Gasteiger partial charge in [0.15, 0.2) is 0 Å². The molecule has 0 aromatic carbocycles. The Hall–Kier alpha value is -0.810. The number of carbonyl (C=O) groups is 1. The second kappa shape index (κ2) is 6.81. The van der Waals surface area contributed by atoms with E-state index in [9.17, 15) is 4.79 Å². The van der Waals surface area contributed by atoms with Crippen molar-refractivity contribution in [3.05, 3.63) is 17.6 Å². The summed E-state index contributed by atoms with van der Waals surface area (Å²) in [5.74, 6) is 0.205. The van der Waals surface area contributed by atoms with E-state index in [0.717, 1.165) is 17.1 Å². The number of thioether (sulfide) groups is 1. The fourth-order valence-electron chi connectivity index (χ4n) is 1.20. The number of rotatable bonds is 5. The number of nitrogens with zero attached hydrogens (tertiary/aromatic N) is 2. The fraction of sp³-hybridized carbons (Fsp3) is 0.545. The van der Waals surface area contributed by atoms with E-state index in [1.54, 1.807) is 11.8 Å². The lowest BCUT2D eigenvalue weighted by Gasteiger charge is -2.09. The predicted molar refractivity (Wildman–Crippen MR) is 68.8 cm³/mol. The van der Waals surface area contributed by atoms with Gasteiger partial charge in [-0.3, -0.25) is 0 Å². The van der Waals surface area contributed by atoms with Crippen molar-refractivity contribution in [3.8, 4) is 0 Å². The molecule has 0 saturated heterocycles. The van der Waals surface area contributed by atoms with Gasteiger partial charge in [-0.25, -0.2) is 14.8 Å². The topological polar surface area (TPSA) is 52.1 Å². The standard InChI is InChI=1S/C11H15ClN2O2S/c1-7-6-9(17-8(2)4-5-12)14-10(13-7)11(15)16-3/h6,8H,4-5H2,1-3H3. The first-order chi connectivity index (χ1) is 8.06. The molecule has 4 nitrogen and oxygen atoms in total. The van der Waals surface area contributed by atoms with Crippen LogP contribution >= 0.6 is 23.4 Å². The number of esters is 1. The lowest BCUT2D eigenvalue weighted by atomic mass is 10.4. The summed E-state index contributed by atoms with van der Waals surface area (Å²) >= 11 is 7.26. The minimum absolute atomic E-state index is 0.105. The highest BCUT2D eigenvalue weighted by Crippen LogP contribution is 2.24. The number of aryl methyl sites for hydroxylation is 1. The molecule has 0 spiro atoms. The summed E-state index contributed by atoms with van der Waals surface area (Å²) in [6.07, 6.45) is 0.892. The third-order valence-corrected chi connectivity index (χ3v) is 3.34. The molecule has 94 valence electrons. The molecule has 0 N–H and O–H groups in total. The van der Waals surface area contributed by atoms with E-state index in [-0.39, 0.29) is 5.82 Å². The Bertz CT molecular complexity index is 401. The molecule has 1 rings (SSSR count). The van der Waals surface area contributed by atoms with Crippen LogP contribution in [0.25, 0.3) is 0 Å². The minimum Gasteiger partial charge on any atom is -0.463 e. The Balaban J connectivity index is 2.85. The van der Waals surface area contributed by atoms with Crippen LogP contribution in [0.3, 0.4) is 0 Å². The molecule has 1 aromatic rings.